The molecule has 9 heteroatoms. The summed E-state index contributed by atoms with van der Waals surface area (Å²) in [6, 6.07) is 0. The molecule has 1 heterocycles. The van der Waals surface area contributed by atoms with Crippen LogP contribution in [0.3, 0.4) is 0 Å². The predicted octanol–water partition coefficient (Wildman–Crippen LogP) is 9.81. The van der Waals surface area contributed by atoms with E-state index in [-0.39, 0.29) is 19.2 Å². The first-order valence-corrected chi connectivity index (χ1v) is 22.4. The quantitative estimate of drug-likeness (QED) is 0.0275. The molecule has 0 radical (unpaired) electrons. The molecule has 1 rings (SSSR count). The number of esters is 1. The molecule has 1 aliphatic rings. The summed E-state index contributed by atoms with van der Waals surface area (Å²) in [5.74, 6) is -0.315. The van der Waals surface area contributed by atoms with Crippen molar-refractivity contribution < 1.29 is 44.2 Å². The van der Waals surface area contributed by atoms with E-state index in [0.717, 1.165) is 51.4 Å². The number of unbranched alkanes of at least 4 members (excludes halogenated alkanes) is 23. The Morgan fingerprint density at radius 3 is 1.65 bits per heavy atom. The molecule has 54 heavy (non-hydrogen) atoms. The molecule has 1 aliphatic heterocycles. The highest BCUT2D eigenvalue weighted by molar-refractivity contribution is 5.69. The smallest absolute Gasteiger partial charge is 0.306 e. The minimum absolute atomic E-state index is 0.114. The molecule has 0 aliphatic carbocycles. The van der Waals surface area contributed by atoms with Crippen LogP contribution in [0, 0.1) is 0 Å². The van der Waals surface area contributed by atoms with Crippen molar-refractivity contribution in [3.8, 4) is 0 Å². The van der Waals surface area contributed by atoms with Gasteiger partial charge in [0.15, 0.2) is 6.29 Å². The topological polar surface area (TPSA) is 135 Å². The van der Waals surface area contributed by atoms with E-state index in [4.69, 9.17) is 18.9 Å². The molecule has 9 nitrogen and oxygen atoms in total. The van der Waals surface area contributed by atoms with E-state index in [2.05, 4.69) is 38.2 Å². The summed E-state index contributed by atoms with van der Waals surface area (Å²) in [6.07, 6.45) is 34.8. The molecular formula is C45H84O9. The normalized spacial score (nSPS) is 21.0. The molecule has 0 spiro atoms. The van der Waals surface area contributed by atoms with Crippen molar-refractivity contribution >= 4 is 5.97 Å². The second-order valence-electron chi connectivity index (χ2n) is 15.5. The number of rotatable bonds is 38. The van der Waals surface area contributed by atoms with Gasteiger partial charge in [-0.1, -0.05) is 173 Å². The average Bonchev–Trinajstić information content (AvgIpc) is 3.17. The number of allylic oxidation sites excluding steroid dienone is 4. The van der Waals surface area contributed by atoms with Crippen LogP contribution >= 0.6 is 0 Å². The van der Waals surface area contributed by atoms with Gasteiger partial charge in [-0.25, -0.2) is 0 Å². The fourth-order valence-electron chi connectivity index (χ4n) is 6.80. The van der Waals surface area contributed by atoms with Crippen molar-refractivity contribution in [3.63, 3.8) is 0 Å². The van der Waals surface area contributed by atoms with Gasteiger partial charge in [0.25, 0.3) is 0 Å². The van der Waals surface area contributed by atoms with Crippen molar-refractivity contribution in [2.24, 2.45) is 0 Å². The van der Waals surface area contributed by atoms with Crippen LogP contribution in [0.2, 0.25) is 0 Å². The van der Waals surface area contributed by atoms with Crippen LogP contribution in [0.5, 0.6) is 0 Å². The van der Waals surface area contributed by atoms with E-state index in [1.807, 2.05) is 0 Å². The highest BCUT2D eigenvalue weighted by Gasteiger charge is 2.44. The highest BCUT2D eigenvalue weighted by atomic mass is 16.7. The number of aliphatic hydroxyl groups is 4. The van der Waals surface area contributed by atoms with Gasteiger partial charge in [-0.3, -0.25) is 4.79 Å². The summed E-state index contributed by atoms with van der Waals surface area (Å²) in [7, 11) is 0. The van der Waals surface area contributed by atoms with E-state index in [0.29, 0.717) is 13.0 Å². The number of hydrogen-bond donors (Lipinski definition) is 4. The van der Waals surface area contributed by atoms with Crippen LogP contribution in [0.25, 0.3) is 0 Å². The maximum atomic E-state index is 12.8. The van der Waals surface area contributed by atoms with Crippen molar-refractivity contribution in [2.75, 3.05) is 26.4 Å². The zero-order valence-corrected chi connectivity index (χ0v) is 34.7. The van der Waals surface area contributed by atoms with Crippen LogP contribution in [0.4, 0.5) is 0 Å². The Labute approximate surface area is 330 Å². The van der Waals surface area contributed by atoms with Crippen molar-refractivity contribution in [1.82, 2.24) is 0 Å². The third-order valence-electron chi connectivity index (χ3n) is 10.4. The Hall–Kier alpha value is -1.33. The van der Waals surface area contributed by atoms with Gasteiger partial charge in [0.05, 0.1) is 19.8 Å². The molecule has 6 unspecified atom stereocenters. The van der Waals surface area contributed by atoms with Gasteiger partial charge in [-0.2, -0.15) is 0 Å². The molecule has 0 amide bonds. The first-order chi connectivity index (χ1) is 26.4. The lowest BCUT2D eigenvalue weighted by molar-refractivity contribution is -0.305. The zero-order valence-electron chi connectivity index (χ0n) is 34.7. The third-order valence-corrected chi connectivity index (χ3v) is 10.4. The van der Waals surface area contributed by atoms with Gasteiger partial charge >= 0.3 is 5.97 Å². The van der Waals surface area contributed by atoms with Crippen LogP contribution in [-0.2, 0) is 23.7 Å². The Morgan fingerprint density at radius 2 is 1.09 bits per heavy atom. The molecule has 6 atom stereocenters. The SMILES string of the molecule is CCCC/C=C\C/C=C\CCCCCCCCOCC(COC1OC(CO)C(O)C(O)C1O)OC(=O)CCCCCCCCCCCCCCCCCC. The van der Waals surface area contributed by atoms with E-state index < -0.39 is 43.4 Å². The largest absolute Gasteiger partial charge is 0.457 e. The summed E-state index contributed by atoms with van der Waals surface area (Å²) in [4.78, 5) is 12.8. The molecule has 4 N–H and O–H groups in total. The molecule has 318 valence electrons. The second-order valence-corrected chi connectivity index (χ2v) is 15.5. The minimum atomic E-state index is -1.54. The Kier molecular flexibility index (Phi) is 35.0. The second kappa shape index (κ2) is 37.3. The first-order valence-electron chi connectivity index (χ1n) is 22.4. The third kappa shape index (κ3) is 28.1. The van der Waals surface area contributed by atoms with Gasteiger partial charge in [0.2, 0.25) is 0 Å². The van der Waals surface area contributed by atoms with Crippen LogP contribution in [-0.4, -0.2) is 89.6 Å². The summed E-state index contributed by atoms with van der Waals surface area (Å²) >= 11 is 0. The van der Waals surface area contributed by atoms with Gasteiger partial charge in [0, 0.05) is 13.0 Å². The molecule has 0 saturated carbocycles. The highest BCUT2D eigenvalue weighted by Crippen LogP contribution is 2.22. The maximum Gasteiger partial charge on any atom is 0.306 e. The zero-order chi connectivity index (χ0) is 39.3. The van der Waals surface area contributed by atoms with E-state index >= 15 is 0 Å². The van der Waals surface area contributed by atoms with Gasteiger partial charge < -0.3 is 39.4 Å². The molecular weight excluding hydrogens is 684 g/mol. The van der Waals surface area contributed by atoms with E-state index in [1.54, 1.807) is 0 Å². The predicted molar refractivity (Wildman–Crippen MR) is 219 cm³/mol. The van der Waals surface area contributed by atoms with Gasteiger partial charge in [0.1, 0.15) is 30.5 Å². The van der Waals surface area contributed by atoms with Crippen molar-refractivity contribution in [2.45, 2.75) is 230 Å². The van der Waals surface area contributed by atoms with E-state index in [9.17, 15) is 25.2 Å². The van der Waals surface area contributed by atoms with Gasteiger partial charge in [-0.15, -0.1) is 0 Å². The number of aliphatic hydroxyl groups excluding tert-OH is 4. The number of ether oxygens (including phenoxy) is 4. The van der Waals surface area contributed by atoms with Crippen LogP contribution in [0.1, 0.15) is 194 Å². The lowest BCUT2D eigenvalue weighted by atomic mass is 9.99. The lowest BCUT2D eigenvalue weighted by Crippen LogP contribution is -2.59. The summed E-state index contributed by atoms with van der Waals surface area (Å²) in [6.45, 7) is 4.52. The fraction of sp³-hybridized carbons (Fsp3) is 0.889. The number of carbonyl (C=O) groups is 1. The maximum absolute atomic E-state index is 12.8. The Balaban J connectivity index is 2.27. The molecule has 1 saturated heterocycles. The van der Waals surface area contributed by atoms with E-state index in [1.165, 1.54) is 122 Å². The fourth-order valence-corrected chi connectivity index (χ4v) is 6.80. The van der Waals surface area contributed by atoms with Crippen molar-refractivity contribution in [1.29, 1.82) is 0 Å². The molecule has 1 fully saturated rings. The number of carbonyl (C=O) groups excluding carboxylic acids is 1. The first kappa shape index (κ1) is 50.7. The summed E-state index contributed by atoms with van der Waals surface area (Å²) < 4.78 is 22.8. The molecule has 0 aromatic carbocycles. The standard InChI is InChI=1S/C45H84O9/c1-3-5-7-9-11-13-15-17-19-20-22-24-26-28-30-32-34-41(47)53-39(38-52-45-44(50)43(49)42(48)40(36-46)54-45)37-51-35-33-31-29-27-25-23-21-18-16-14-12-10-8-6-4-2/h10,12,16,18,39-40,42-46,48-50H,3-9,11,13-15,17,19-38H2,1-2H3/b12-10-,18-16-. The monoisotopic (exact) mass is 769 g/mol. The van der Waals surface area contributed by atoms with Crippen LogP contribution in [0.15, 0.2) is 24.3 Å². The molecule has 0 bridgehead atoms. The Morgan fingerprint density at radius 1 is 0.593 bits per heavy atom. The lowest BCUT2D eigenvalue weighted by Gasteiger charge is -2.39. The average molecular weight is 769 g/mol. The molecule has 0 aromatic rings. The summed E-state index contributed by atoms with van der Waals surface area (Å²) in [5, 5.41) is 40.1. The van der Waals surface area contributed by atoms with Crippen molar-refractivity contribution in [3.05, 3.63) is 24.3 Å². The number of hydrogen-bond acceptors (Lipinski definition) is 9. The minimum Gasteiger partial charge on any atom is -0.457 e. The summed E-state index contributed by atoms with van der Waals surface area (Å²) in [5.41, 5.74) is 0. The molecule has 0 aromatic heterocycles. The Bertz CT molecular complexity index is 879. The van der Waals surface area contributed by atoms with Crippen LogP contribution < -0.4 is 0 Å². The van der Waals surface area contributed by atoms with Gasteiger partial charge in [-0.05, 0) is 38.5 Å².